The molecular weight excluding hydrogens is 647 g/mol. The number of allylic oxidation sites excluding steroid dienone is 1. The van der Waals surface area contributed by atoms with Crippen LogP contribution in [0.25, 0.3) is 6.08 Å². The summed E-state index contributed by atoms with van der Waals surface area (Å²) in [5.74, 6) is 1.24. The van der Waals surface area contributed by atoms with E-state index in [9.17, 15) is 9.59 Å². The quantitative estimate of drug-likeness (QED) is 0.161. The van der Waals surface area contributed by atoms with Crippen molar-refractivity contribution in [1.29, 1.82) is 0 Å². The normalized spacial score (nSPS) is 14.6. The van der Waals surface area contributed by atoms with Crippen molar-refractivity contribution in [1.82, 2.24) is 4.57 Å². The topological polar surface area (TPSA) is 88.4 Å². The van der Waals surface area contributed by atoms with Gasteiger partial charge in [-0.1, -0.05) is 58.8 Å². The van der Waals surface area contributed by atoms with Crippen molar-refractivity contribution in [3.63, 3.8) is 0 Å². The minimum absolute atomic E-state index is 0.00611. The molecule has 0 saturated carbocycles. The van der Waals surface area contributed by atoms with E-state index >= 15 is 0 Å². The molecule has 1 atom stereocenters. The number of nitrogens with zero attached hydrogens (tertiary/aromatic N) is 2. The maximum Gasteiger partial charge on any atom is 0.338 e. The number of hydrogen-bond donors (Lipinski definition) is 0. The summed E-state index contributed by atoms with van der Waals surface area (Å²) in [6, 6.07) is 17.4. The number of rotatable bonds is 11. The minimum Gasteiger partial charge on any atom is -0.491 e. The second kappa shape index (κ2) is 14.6. The number of fused-ring (bicyclic) bond motifs is 1. The zero-order valence-corrected chi connectivity index (χ0v) is 28.5. The number of ether oxygens (including phenoxy) is 4. The van der Waals surface area contributed by atoms with E-state index in [4.69, 9.17) is 42.1 Å². The van der Waals surface area contributed by atoms with Crippen LogP contribution in [-0.4, -0.2) is 29.9 Å². The number of hydrogen-bond acceptors (Lipinski definition) is 8. The van der Waals surface area contributed by atoms with Crippen LogP contribution in [-0.2, 0) is 16.1 Å². The van der Waals surface area contributed by atoms with E-state index in [0.29, 0.717) is 54.5 Å². The van der Waals surface area contributed by atoms with Crippen LogP contribution in [0.2, 0.25) is 10.0 Å². The Morgan fingerprint density at radius 1 is 1.00 bits per heavy atom. The number of carbonyl (C=O) groups is 1. The molecule has 0 spiro atoms. The van der Waals surface area contributed by atoms with E-state index in [-0.39, 0.29) is 24.9 Å². The average Bonchev–Trinajstić information content (AvgIpc) is 3.31. The SMILES string of the molecule is CCOC(=O)C1=C(C)N=c2s/c(=C\c3ccc(OCc4ccc(Cl)cc4Cl)c(OCC)c3)c(=O)n2[C@H]1c1ccc(OC(C)C)cc1. The van der Waals surface area contributed by atoms with Crippen molar-refractivity contribution in [2.24, 2.45) is 4.99 Å². The number of halogens is 2. The summed E-state index contributed by atoms with van der Waals surface area (Å²) in [4.78, 5) is 32.4. The Balaban J connectivity index is 1.54. The van der Waals surface area contributed by atoms with Gasteiger partial charge in [-0.2, -0.15) is 0 Å². The van der Waals surface area contributed by atoms with Gasteiger partial charge < -0.3 is 18.9 Å². The van der Waals surface area contributed by atoms with Crippen molar-refractivity contribution >= 4 is 46.6 Å². The first-order valence-corrected chi connectivity index (χ1v) is 16.5. The molecule has 2 heterocycles. The minimum atomic E-state index is -0.722. The predicted molar refractivity (Wildman–Crippen MR) is 181 cm³/mol. The Bertz CT molecular complexity index is 1960. The number of aromatic nitrogens is 1. The molecule has 0 fully saturated rings. The molecule has 0 radical (unpaired) electrons. The van der Waals surface area contributed by atoms with Crippen LogP contribution in [0.1, 0.15) is 57.4 Å². The predicted octanol–water partition coefficient (Wildman–Crippen LogP) is 6.87. The second-order valence-corrected chi connectivity index (χ2v) is 12.6. The number of esters is 1. The average molecular weight is 682 g/mol. The third-order valence-corrected chi connectivity index (χ3v) is 8.62. The fourth-order valence-electron chi connectivity index (χ4n) is 5.06. The molecular formula is C35H34Cl2N2O6S. The summed E-state index contributed by atoms with van der Waals surface area (Å²) < 4.78 is 25.2. The second-order valence-electron chi connectivity index (χ2n) is 10.7. The van der Waals surface area contributed by atoms with Crippen molar-refractivity contribution in [2.45, 2.75) is 53.4 Å². The molecule has 0 amide bonds. The van der Waals surface area contributed by atoms with E-state index in [2.05, 4.69) is 4.99 Å². The molecule has 4 aromatic rings. The van der Waals surface area contributed by atoms with Crippen LogP contribution in [0, 0.1) is 0 Å². The highest BCUT2D eigenvalue weighted by Crippen LogP contribution is 2.33. The maximum atomic E-state index is 14.0. The molecule has 11 heteroatoms. The first-order valence-electron chi connectivity index (χ1n) is 14.9. The molecule has 0 unspecified atom stereocenters. The Morgan fingerprint density at radius 2 is 1.76 bits per heavy atom. The molecule has 5 rings (SSSR count). The fraction of sp³-hybridized carbons (Fsp3) is 0.286. The Labute approximate surface area is 281 Å². The van der Waals surface area contributed by atoms with Crippen molar-refractivity contribution in [3.05, 3.63) is 118 Å². The van der Waals surface area contributed by atoms with Gasteiger partial charge in [0.2, 0.25) is 0 Å². The van der Waals surface area contributed by atoms with Crippen molar-refractivity contribution in [3.8, 4) is 17.2 Å². The number of benzene rings is 3. The zero-order chi connectivity index (χ0) is 33.0. The monoisotopic (exact) mass is 680 g/mol. The van der Waals surface area contributed by atoms with Gasteiger partial charge in [-0.05, 0) is 88.2 Å². The molecule has 0 N–H and O–H groups in total. The van der Waals surface area contributed by atoms with Crippen LogP contribution < -0.4 is 29.1 Å². The highest BCUT2D eigenvalue weighted by Gasteiger charge is 2.33. The van der Waals surface area contributed by atoms with Crippen LogP contribution in [0.4, 0.5) is 0 Å². The lowest BCUT2D eigenvalue weighted by molar-refractivity contribution is -0.139. The molecule has 1 aliphatic heterocycles. The van der Waals surface area contributed by atoms with Gasteiger partial charge in [0.05, 0.1) is 41.2 Å². The molecule has 240 valence electrons. The van der Waals surface area contributed by atoms with Gasteiger partial charge in [0, 0.05) is 15.6 Å². The molecule has 8 nitrogen and oxygen atoms in total. The van der Waals surface area contributed by atoms with Gasteiger partial charge in [-0.15, -0.1) is 0 Å². The summed E-state index contributed by atoms with van der Waals surface area (Å²) in [5.41, 5.74) is 2.80. The lowest BCUT2D eigenvalue weighted by atomic mass is 9.96. The molecule has 0 saturated heterocycles. The Hall–Kier alpha value is -4.05. The molecule has 46 heavy (non-hydrogen) atoms. The summed E-state index contributed by atoms with van der Waals surface area (Å²) in [5, 5.41) is 1.06. The Morgan fingerprint density at radius 3 is 2.43 bits per heavy atom. The van der Waals surface area contributed by atoms with Gasteiger partial charge in [0.15, 0.2) is 16.3 Å². The Kier molecular flexibility index (Phi) is 10.6. The molecule has 1 aliphatic rings. The van der Waals surface area contributed by atoms with E-state index in [1.54, 1.807) is 42.7 Å². The first kappa shape index (κ1) is 33.3. The summed E-state index contributed by atoms with van der Waals surface area (Å²) in [7, 11) is 0. The van der Waals surface area contributed by atoms with Gasteiger partial charge in [-0.25, -0.2) is 9.79 Å². The molecule has 3 aromatic carbocycles. The zero-order valence-electron chi connectivity index (χ0n) is 26.1. The van der Waals surface area contributed by atoms with Gasteiger partial charge in [0.1, 0.15) is 12.4 Å². The van der Waals surface area contributed by atoms with E-state index in [0.717, 1.165) is 16.7 Å². The lowest BCUT2D eigenvalue weighted by Crippen LogP contribution is -2.39. The highest BCUT2D eigenvalue weighted by atomic mass is 35.5. The summed E-state index contributed by atoms with van der Waals surface area (Å²) in [6.07, 6.45) is 1.79. The standard InChI is InChI=1S/C35H34Cl2N2O6S/c1-6-42-29-16-22(8-15-28(29)44-19-24-9-12-25(36)18-27(24)37)17-30-33(40)39-32(23-10-13-26(14-11-23)45-20(3)4)31(34(41)43-7-2)21(5)38-35(39)46-30/h8-18,20,32H,6-7,19H2,1-5H3/b30-17-/t32-/m0/s1. The van der Waals surface area contributed by atoms with Gasteiger partial charge in [-0.3, -0.25) is 9.36 Å². The van der Waals surface area contributed by atoms with Crippen LogP contribution >= 0.6 is 34.5 Å². The summed E-state index contributed by atoms with van der Waals surface area (Å²) >= 11 is 13.6. The molecule has 0 aliphatic carbocycles. The summed E-state index contributed by atoms with van der Waals surface area (Å²) in [6.45, 7) is 10.1. The molecule has 1 aromatic heterocycles. The maximum absolute atomic E-state index is 14.0. The van der Waals surface area contributed by atoms with Gasteiger partial charge in [0.25, 0.3) is 5.56 Å². The lowest BCUT2D eigenvalue weighted by Gasteiger charge is -2.25. The molecule has 0 bridgehead atoms. The van der Waals surface area contributed by atoms with Crippen LogP contribution in [0.5, 0.6) is 17.2 Å². The number of thiazole rings is 1. The van der Waals surface area contributed by atoms with Crippen molar-refractivity contribution in [2.75, 3.05) is 13.2 Å². The van der Waals surface area contributed by atoms with Crippen LogP contribution in [0.15, 0.2) is 81.7 Å². The van der Waals surface area contributed by atoms with E-state index in [1.165, 1.54) is 11.3 Å². The van der Waals surface area contributed by atoms with Crippen LogP contribution in [0.3, 0.4) is 0 Å². The van der Waals surface area contributed by atoms with Crippen molar-refractivity contribution < 1.29 is 23.7 Å². The smallest absolute Gasteiger partial charge is 0.338 e. The highest BCUT2D eigenvalue weighted by molar-refractivity contribution is 7.07. The van der Waals surface area contributed by atoms with Gasteiger partial charge >= 0.3 is 5.97 Å². The van der Waals surface area contributed by atoms with E-state index < -0.39 is 12.0 Å². The first-order chi connectivity index (χ1) is 22.1. The third-order valence-electron chi connectivity index (χ3n) is 7.05. The third kappa shape index (κ3) is 7.33. The van der Waals surface area contributed by atoms with E-state index in [1.807, 2.05) is 63.2 Å². The largest absolute Gasteiger partial charge is 0.491 e. The number of carbonyl (C=O) groups excluding carboxylic acids is 1. The fourth-order valence-corrected chi connectivity index (χ4v) is 6.57.